The number of alkyl halides is 3. The fourth-order valence-electron chi connectivity index (χ4n) is 0.833. The standard InChI is InChI=1S/C9H7F3O2S/c10-9(11,12)8(14)5-6(13)7-3-1-2-4-15-7/h1-3,5,13H,4H2. The summed E-state index contributed by atoms with van der Waals surface area (Å²) in [5.74, 6) is -2.15. The molecule has 0 aliphatic carbocycles. The van der Waals surface area contributed by atoms with Gasteiger partial charge in [-0.2, -0.15) is 13.2 Å². The summed E-state index contributed by atoms with van der Waals surface area (Å²) < 4.78 is 35.5. The van der Waals surface area contributed by atoms with Crippen molar-refractivity contribution in [2.75, 3.05) is 5.75 Å². The Morgan fingerprint density at radius 2 is 2.20 bits per heavy atom. The molecular formula is C9H7F3O2S. The van der Waals surface area contributed by atoms with Crippen LogP contribution in [0.15, 0.2) is 35.0 Å². The van der Waals surface area contributed by atoms with Crippen LogP contribution in [-0.4, -0.2) is 22.8 Å². The molecule has 2 nitrogen and oxygen atoms in total. The molecule has 0 atom stereocenters. The van der Waals surface area contributed by atoms with Crippen molar-refractivity contribution < 1.29 is 23.1 Å². The molecule has 6 heteroatoms. The van der Waals surface area contributed by atoms with E-state index in [2.05, 4.69) is 0 Å². The van der Waals surface area contributed by atoms with Gasteiger partial charge in [0.15, 0.2) is 0 Å². The maximum absolute atomic E-state index is 11.8. The number of hydrogen-bond donors (Lipinski definition) is 1. The molecule has 0 saturated carbocycles. The van der Waals surface area contributed by atoms with Gasteiger partial charge in [0.25, 0.3) is 5.78 Å². The number of carbonyl (C=O) groups is 1. The van der Waals surface area contributed by atoms with Crippen molar-refractivity contribution in [2.45, 2.75) is 6.18 Å². The molecule has 0 radical (unpaired) electrons. The topological polar surface area (TPSA) is 37.3 Å². The minimum absolute atomic E-state index is 0.192. The van der Waals surface area contributed by atoms with Gasteiger partial charge in [-0.15, -0.1) is 11.8 Å². The summed E-state index contributed by atoms with van der Waals surface area (Å²) in [4.78, 5) is 10.8. The third-order valence-electron chi connectivity index (χ3n) is 1.52. The predicted octanol–water partition coefficient (Wildman–Crippen LogP) is 2.75. The molecule has 0 bridgehead atoms. The Balaban J connectivity index is 2.80. The molecule has 0 spiro atoms. The molecule has 0 aromatic rings. The van der Waals surface area contributed by atoms with E-state index in [0.29, 0.717) is 5.75 Å². The fraction of sp³-hybridized carbons (Fsp3) is 0.222. The Hall–Kier alpha value is -1.17. The average molecular weight is 236 g/mol. The highest BCUT2D eigenvalue weighted by molar-refractivity contribution is 8.03. The van der Waals surface area contributed by atoms with Gasteiger partial charge < -0.3 is 5.11 Å². The van der Waals surface area contributed by atoms with Gasteiger partial charge in [-0.25, -0.2) is 0 Å². The Bertz CT molecular complexity index is 353. The summed E-state index contributed by atoms with van der Waals surface area (Å²) in [5, 5.41) is 9.22. The third-order valence-corrected chi connectivity index (χ3v) is 2.53. The number of aliphatic hydroxyl groups is 1. The van der Waals surface area contributed by atoms with Crippen LogP contribution in [0.3, 0.4) is 0 Å². The summed E-state index contributed by atoms with van der Waals surface area (Å²) in [6.45, 7) is 0. The molecule has 0 saturated heterocycles. The van der Waals surface area contributed by atoms with Crippen LogP contribution < -0.4 is 0 Å². The van der Waals surface area contributed by atoms with Gasteiger partial charge in [0.05, 0.1) is 0 Å². The largest absolute Gasteiger partial charge is 0.507 e. The van der Waals surface area contributed by atoms with Gasteiger partial charge in [-0.3, -0.25) is 4.79 Å². The van der Waals surface area contributed by atoms with E-state index >= 15 is 0 Å². The lowest BCUT2D eigenvalue weighted by Crippen LogP contribution is -2.20. The maximum atomic E-state index is 11.8. The van der Waals surface area contributed by atoms with Crippen molar-refractivity contribution in [3.8, 4) is 0 Å². The molecule has 1 rings (SSSR count). The second-order valence-electron chi connectivity index (χ2n) is 2.66. The quantitative estimate of drug-likeness (QED) is 0.591. The van der Waals surface area contributed by atoms with E-state index in [1.807, 2.05) is 0 Å². The van der Waals surface area contributed by atoms with Crippen molar-refractivity contribution in [3.05, 3.63) is 35.0 Å². The van der Waals surface area contributed by atoms with Gasteiger partial charge in [-0.1, -0.05) is 12.2 Å². The molecule has 0 amide bonds. The Morgan fingerprint density at radius 1 is 1.53 bits per heavy atom. The van der Waals surface area contributed by atoms with Gasteiger partial charge in [0.2, 0.25) is 0 Å². The second-order valence-corrected chi connectivity index (χ2v) is 3.72. The van der Waals surface area contributed by atoms with Crippen LogP contribution in [0.2, 0.25) is 0 Å². The van der Waals surface area contributed by atoms with Crippen LogP contribution in [0.5, 0.6) is 0 Å². The van der Waals surface area contributed by atoms with Crippen LogP contribution in [0.25, 0.3) is 0 Å². The monoisotopic (exact) mass is 236 g/mol. The van der Waals surface area contributed by atoms with Crippen LogP contribution >= 0.6 is 11.8 Å². The Labute approximate surface area is 88.2 Å². The van der Waals surface area contributed by atoms with Crippen molar-refractivity contribution in [1.82, 2.24) is 0 Å². The highest BCUT2D eigenvalue weighted by Gasteiger charge is 2.37. The fourth-order valence-corrected chi connectivity index (χ4v) is 1.60. The number of rotatable bonds is 2. The van der Waals surface area contributed by atoms with Crippen LogP contribution in [0.4, 0.5) is 13.2 Å². The number of hydrogen-bond acceptors (Lipinski definition) is 3. The first-order chi connectivity index (χ1) is 6.91. The average Bonchev–Trinajstić information content (AvgIpc) is 2.17. The highest BCUT2D eigenvalue weighted by atomic mass is 32.2. The van der Waals surface area contributed by atoms with E-state index in [1.165, 1.54) is 6.08 Å². The lowest BCUT2D eigenvalue weighted by Gasteiger charge is -2.07. The first kappa shape index (κ1) is 11.9. The molecule has 1 N–H and O–H groups in total. The van der Waals surface area contributed by atoms with Gasteiger partial charge in [0.1, 0.15) is 5.76 Å². The minimum atomic E-state index is -4.94. The van der Waals surface area contributed by atoms with E-state index in [4.69, 9.17) is 0 Å². The highest BCUT2D eigenvalue weighted by Crippen LogP contribution is 2.26. The molecule has 1 aliphatic rings. The van der Waals surface area contributed by atoms with Crippen LogP contribution in [0.1, 0.15) is 0 Å². The van der Waals surface area contributed by atoms with E-state index < -0.39 is 17.7 Å². The van der Waals surface area contributed by atoms with Gasteiger partial charge in [-0.05, 0) is 6.08 Å². The van der Waals surface area contributed by atoms with Crippen LogP contribution in [-0.2, 0) is 4.79 Å². The summed E-state index contributed by atoms with van der Waals surface area (Å²) >= 11 is 1.16. The second kappa shape index (κ2) is 4.57. The molecule has 0 fully saturated rings. The number of ketones is 1. The normalized spacial score (nSPS) is 17.5. The Morgan fingerprint density at radius 3 is 2.67 bits per heavy atom. The molecule has 82 valence electrons. The molecule has 0 unspecified atom stereocenters. The number of carbonyl (C=O) groups excluding carboxylic acids is 1. The Kier molecular flexibility index (Phi) is 3.62. The number of halogens is 3. The molecular weight excluding hydrogens is 229 g/mol. The molecule has 0 aromatic heterocycles. The number of thioether (sulfide) groups is 1. The zero-order chi connectivity index (χ0) is 11.5. The first-order valence-electron chi connectivity index (χ1n) is 3.93. The minimum Gasteiger partial charge on any atom is -0.507 e. The molecule has 15 heavy (non-hydrogen) atoms. The van der Waals surface area contributed by atoms with Crippen molar-refractivity contribution >= 4 is 17.5 Å². The predicted molar refractivity (Wildman–Crippen MR) is 51.5 cm³/mol. The van der Waals surface area contributed by atoms with Crippen molar-refractivity contribution in [3.63, 3.8) is 0 Å². The third kappa shape index (κ3) is 3.47. The smallest absolute Gasteiger partial charge is 0.454 e. The number of allylic oxidation sites excluding steroid dienone is 3. The summed E-state index contributed by atoms with van der Waals surface area (Å²) in [6, 6.07) is 0. The van der Waals surface area contributed by atoms with Gasteiger partial charge in [0, 0.05) is 16.7 Å². The summed E-state index contributed by atoms with van der Waals surface area (Å²) in [6.07, 6.45) is 0.0896. The van der Waals surface area contributed by atoms with Crippen molar-refractivity contribution in [1.29, 1.82) is 0 Å². The summed E-state index contributed by atoms with van der Waals surface area (Å²) in [5.41, 5.74) is 0. The SMILES string of the molecule is O=C(C=C(O)C1=CC=CCS1)C(F)(F)F. The molecule has 1 heterocycles. The van der Waals surface area contributed by atoms with E-state index in [-0.39, 0.29) is 11.0 Å². The van der Waals surface area contributed by atoms with Crippen LogP contribution in [0, 0.1) is 0 Å². The lowest BCUT2D eigenvalue weighted by atomic mass is 10.3. The molecule has 1 aliphatic heterocycles. The van der Waals surface area contributed by atoms with E-state index in [1.54, 1.807) is 12.2 Å². The zero-order valence-electron chi connectivity index (χ0n) is 7.41. The van der Waals surface area contributed by atoms with Gasteiger partial charge >= 0.3 is 6.18 Å². The lowest BCUT2D eigenvalue weighted by molar-refractivity contribution is -0.165. The van der Waals surface area contributed by atoms with Crippen molar-refractivity contribution in [2.24, 2.45) is 0 Å². The maximum Gasteiger partial charge on any atom is 0.454 e. The first-order valence-corrected chi connectivity index (χ1v) is 4.91. The van der Waals surface area contributed by atoms with E-state index in [0.717, 1.165) is 11.8 Å². The van der Waals surface area contributed by atoms with E-state index in [9.17, 15) is 23.1 Å². The number of aliphatic hydroxyl groups excluding tert-OH is 1. The summed E-state index contributed by atoms with van der Waals surface area (Å²) in [7, 11) is 0. The zero-order valence-corrected chi connectivity index (χ0v) is 8.23. The molecule has 0 aromatic carbocycles.